The van der Waals surface area contributed by atoms with Gasteiger partial charge in [0.05, 0.1) is 16.2 Å². The van der Waals surface area contributed by atoms with Crippen LogP contribution in [0.2, 0.25) is 0 Å². The molecule has 0 aliphatic carbocycles. The molecule has 0 aromatic rings. The Morgan fingerprint density at radius 2 is 2.33 bits per heavy atom. The van der Waals surface area contributed by atoms with Crippen LogP contribution in [0, 0.1) is 0 Å². The van der Waals surface area contributed by atoms with Crippen molar-refractivity contribution in [3.8, 4) is 0 Å². The minimum atomic E-state index is -1.19. The smallest absolute Gasteiger partial charge is 0.0635 e. The first kappa shape index (κ1) is 5.43. The predicted octanol–water partition coefficient (Wildman–Crippen LogP) is -1.58. The van der Waals surface area contributed by atoms with E-state index in [0.29, 0.717) is 0 Å². The first-order valence-electron chi connectivity index (χ1n) is 1.32. The minimum Gasteiger partial charge on any atom is -0.545 e. The summed E-state index contributed by atoms with van der Waals surface area (Å²) in [6.45, 7) is 0. The van der Waals surface area contributed by atoms with E-state index in [2.05, 4.69) is 10.2 Å². The number of rotatable bonds is 1. The van der Waals surface area contributed by atoms with Crippen LogP contribution in [0.1, 0.15) is 0 Å². The van der Waals surface area contributed by atoms with Gasteiger partial charge in [-0.15, -0.1) is 5.70 Å². The van der Waals surface area contributed by atoms with Crippen LogP contribution in [-0.2, 0) is 4.79 Å². The zero-order valence-electron chi connectivity index (χ0n) is 2.97. The number of carboxylic acid groups (broad SMARTS) is 1. The predicted molar refractivity (Wildman–Crippen MR) is 19.9 cm³/mol. The average Bonchev–Trinajstić information content (AvgIpc) is 1.35. The van der Waals surface area contributed by atoms with Crippen LogP contribution in [0.25, 0.3) is 0 Å². The Morgan fingerprint density at radius 1 is 1.83 bits per heavy atom. The fourth-order valence-corrected chi connectivity index (χ4v) is 0.204. The number of hydrogen-bond donors (Lipinski definition) is 0. The van der Waals surface area contributed by atoms with Crippen molar-refractivity contribution in [1.29, 1.82) is 0 Å². The molecule has 0 bridgehead atoms. The third-order valence-corrected chi connectivity index (χ3v) is 0.386. The maximum absolute atomic E-state index is 9.37. The molecule has 0 saturated carbocycles. The molecule has 0 heterocycles. The highest BCUT2D eigenvalue weighted by atomic mass is 28.1. The van der Waals surface area contributed by atoms with E-state index in [1.54, 1.807) is 0 Å². The Balaban J connectivity index is 3.30. The van der Waals surface area contributed by atoms with Gasteiger partial charge in [0.25, 0.3) is 0 Å². The summed E-state index contributed by atoms with van der Waals surface area (Å²) in [5.41, 5.74) is 1.22. The lowest BCUT2D eigenvalue weighted by Crippen LogP contribution is -2.18. The summed E-state index contributed by atoms with van der Waals surface area (Å²) in [4.78, 5) is 9.37. The molecule has 3 radical (unpaired) electrons. The van der Waals surface area contributed by atoms with Gasteiger partial charge in [0.1, 0.15) is 0 Å². The van der Waals surface area contributed by atoms with Crippen LogP contribution in [0.5, 0.6) is 0 Å². The maximum atomic E-state index is 9.37. The Bertz CT molecular complexity index is 76.9. The topological polar surface area (TPSA) is 40.1 Å². The molecule has 0 aliphatic heterocycles. The molecule has 0 rings (SSSR count). The molecule has 0 aromatic carbocycles. The summed E-state index contributed by atoms with van der Waals surface area (Å²) < 4.78 is 0. The summed E-state index contributed by atoms with van der Waals surface area (Å²) in [6.07, 6.45) is 0.886. The van der Waals surface area contributed by atoms with Crippen LogP contribution in [0.3, 0.4) is 0 Å². The molecule has 0 spiro atoms. The third-order valence-electron chi connectivity index (χ3n) is 0.219. The Hall–Kier alpha value is -0.573. The van der Waals surface area contributed by atoms with E-state index in [1.807, 2.05) is 0 Å². The van der Waals surface area contributed by atoms with Crippen molar-refractivity contribution in [3.63, 3.8) is 0 Å². The van der Waals surface area contributed by atoms with Crippen molar-refractivity contribution in [2.24, 2.45) is 0 Å². The maximum Gasteiger partial charge on any atom is 0.0635 e. The van der Waals surface area contributed by atoms with E-state index in [0.717, 1.165) is 6.08 Å². The first-order valence-corrected chi connectivity index (χ1v) is 1.90. The molecule has 0 aliphatic rings. The third kappa shape index (κ3) is 3.43. The number of carbonyl (C=O) groups excluding carboxylic acids is 1. The van der Waals surface area contributed by atoms with Crippen molar-refractivity contribution in [1.82, 2.24) is 0 Å². The fraction of sp³-hybridized carbons (Fsp3) is 0. The first-order chi connectivity index (χ1) is 2.77. The molecule has 2 nitrogen and oxygen atoms in total. The van der Waals surface area contributed by atoms with Crippen molar-refractivity contribution >= 4 is 16.2 Å². The molecule has 31 valence electrons. The highest BCUT2D eigenvalue weighted by Crippen LogP contribution is 1.56. The highest BCUT2D eigenvalue weighted by Gasteiger charge is 1.61. The van der Waals surface area contributed by atoms with Crippen molar-refractivity contribution in [2.75, 3.05) is 0 Å². The molecular weight excluding hydrogens is 96.1 g/mol. The lowest BCUT2D eigenvalue weighted by Gasteiger charge is -1.83. The largest absolute Gasteiger partial charge is 0.545 e. The summed E-state index contributed by atoms with van der Waals surface area (Å²) in [6, 6.07) is 0. The van der Waals surface area contributed by atoms with Gasteiger partial charge in [0.2, 0.25) is 0 Å². The van der Waals surface area contributed by atoms with E-state index in [-0.39, 0.29) is 0 Å². The quantitative estimate of drug-likeness (QED) is 0.293. The van der Waals surface area contributed by atoms with Gasteiger partial charge in [0.15, 0.2) is 0 Å². The number of hydrogen-bond acceptors (Lipinski definition) is 2. The zero-order valence-corrected chi connectivity index (χ0v) is 3.97. The molecular formula is C3H2O2Si-. The van der Waals surface area contributed by atoms with Crippen LogP contribution in [0.15, 0.2) is 11.8 Å². The van der Waals surface area contributed by atoms with Crippen molar-refractivity contribution < 1.29 is 9.90 Å². The molecule has 6 heavy (non-hydrogen) atoms. The number of aliphatic carboxylic acids is 1. The number of carbonyl (C=O) groups is 1. The zero-order chi connectivity index (χ0) is 4.99. The molecule has 0 N–H and O–H groups in total. The summed E-state index contributed by atoms with van der Waals surface area (Å²) in [5, 5.41) is 9.37. The molecule has 0 fully saturated rings. The van der Waals surface area contributed by atoms with E-state index >= 15 is 0 Å². The van der Waals surface area contributed by atoms with Crippen molar-refractivity contribution in [2.45, 2.75) is 0 Å². The van der Waals surface area contributed by atoms with Gasteiger partial charge in [0, 0.05) is 0 Å². The van der Waals surface area contributed by atoms with Gasteiger partial charge in [-0.2, -0.15) is 0 Å². The second-order valence-corrected chi connectivity index (χ2v) is 0.986. The van der Waals surface area contributed by atoms with E-state index in [4.69, 9.17) is 0 Å². The van der Waals surface area contributed by atoms with Gasteiger partial charge in [-0.25, -0.2) is 0 Å². The highest BCUT2D eigenvalue weighted by molar-refractivity contribution is 6.18. The van der Waals surface area contributed by atoms with Crippen LogP contribution >= 0.6 is 0 Å². The van der Waals surface area contributed by atoms with Gasteiger partial charge in [-0.3, -0.25) is 0 Å². The summed E-state index contributed by atoms with van der Waals surface area (Å²) in [7, 11) is 2.79. The SMILES string of the molecule is O=C([O-])/C=C/[Si]. The van der Waals surface area contributed by atoms with Crippen LogP contribution in [-0.4, -0.2) is 16.2 Å². The van der Waals surface area contributed by atoms with Crippen LogP contribution < -0.4 is 5.11 Å². The molecule has 3 heteroatoms. The van der Waals surface area contributed by atoms with Gasteiger partial charge in [-0.1, -0.05) is 0 Å². The van der Waals surface area contributed by atoms with Gasteiger partial charge >= 0.3 is 0 Å². The lowest BCUT2D eigenvalue weighted by molar-refractivity contribution is -0.297. The molecule has 0 aromatic heterocycles. The van der Waals surface area contributed by atoms with Gasteiger partial charge < -0.3 is 9.90 Å². The Morgan fingerprint density at radius 3 is 2.33 bits per heavy atom. The molecule has 0 amide bonds. The lowest BCUT2D eigenvalue weighted by atomic mass is 10.7. The Labute approximate surface area is 38.9 Å². The molecule has 0 atom stereocenters. The van der Waals surface area contributed by atoms with Crippen LogP contribution in [0.4, 0.5) is 0 Å². The Kier molecular flexibility index (Phi) is 2.40. The second-order valence-electron chi connectivity index (χ2n) is 0.652. The summed E-state index contributed by atoms with van der Waals surface area (Å²) >= 11 is 0. The van der Waals surface area contributed by atoms with Crippen molar-refractivity contribution in [3.05, 3.63) is 11.8 Å². The molecule has 0 unspecified atom stereocenters. The van der Waals surface area contributed by atoms with E-state index < -0.39 is 5.97 Å². The number of carboxylic acids is 1. The normalized spacial score (nSPS) is 9.50. The second kappa shape index (κ2) is 2.65. The fourth-order valence-electron chi connectivity index (χ4n) is 0.0680. The average molecular weight is 98.1 g/mol. The van der Waals surface area contributed by atoms with E-state index in [9.17, 15) is 9.90 Å². The van der Waals surface area contributed by atoms with Gasteiger partial charge in [-0.05, 0) is 6.08 Å². The summed E-state index contributed by atoms with van der Waals surface area (Å²) in [5.74, 6) is -1.19. The molecule has 0 saturated heterocycles. The standard InChI is InChI=1S/C3H3O2Si/c4-3(5)1-2-6/h1-2H,(H,4,5)/p-1/b2-1+. The monoisotopic (exact) mass is 98.0 g/mol. The van der Waals surface area contributed by atoms with E-state index in [1.165, 1.54) is 5.70 Å². The minimum absolute atomic E-state index is 0.886.